The zero-order chi connectivity index (χ0) is 11.5. The van der Waals surface area contributed by atoms with E-state index in [1.54, 1.807) is 0 Å². The van der Waals surface area contributed by atoms with Gasteiger partial charge in [0.1, 0.15) is 0 Å². The van der Waals surface area contributed by atoms with Crippen LogP contribution < -0.4 is 5.32 Å². The number of nitrogens with one attached hydrogen (secondary N) is 1. The monoisotopic (exact) mass is 211 g/mol. The van der Waals surface area contributed by atoms with Gasteiger partial charge in [0.15, 0.2) is 5.96 Å². The standard InChI is InChI=1S/C12H25N3/c1-5-7-9-11-15(4)12(13-3)14-10-8-6-2/h5H,1,6-11H2,2-4H3,(H,13,14). The molecular weight excluding hydrogens is 186 g/mol. The van der Waals surface area contributed by atoms with Crippen molar-refractivity contribution in [3.8, 4) is 0 Å². The van der Waals surface area contributed by atoms with Crippen molar-refractivity contribution in [3.05, 3.63) is 12.7 Å². The van der Waals surface area contributed by atoms with Crippen LogP contribution in [0.4, 0.5) is 0 Å². The second-order valence-corrected chi connectivity index (χ2v) is 3.68. The Morgan fingerprint density at radius 1 is 1.47 bits per heavy atom. The van der Waals surface area contributed by atoms with Gasteiger partial charge in [0.05, 0.1) is 0 Å². The molecule has 0 unspecified atom stereocenters. The molecule has 0 saturated carbocycles. The van der Waals surface area contributed by atoms with Crippen LogP contribution in [0.2, 0.25) is 0 Å². The minimum absolute atomic E-state index is 0.993. The van der Waals surface area contributed by atoms with Gasteiger partial charge in [-0.2, -0.15) is 0 Å². The first kappa shape index (κ1) is 14.0. The summed E-state index contributed by atoms with van der Waals surface area (Å²) in [6, 6.07) is 0. The van der Waals surface area contributed by atoms with Crippen molar-refractivity contribution in [2.45, 2.75) is 32.6 Å². The van der Waals surface area contributed by atoms with Gasteiger partial charge in [-0.05, 0) is 19.3 Å². The second kappa shape index (κ2) is 9.56. The van der Waals surface area contributed by atoms with Crippen molar-refractivity contribution < 1.29 is 0 Å². The highest BCUT2D eigenvalue weighted by molar-refractivity contribution is 5.79. The first-order valence-electron chi connectivity index (χ1n) is 5.79. The summed E-state index contributed by atoms with van der Waals surface area (Å²) in [5.74, 6) is 0.993. The summed E-state index contributed by atoms with van der Waals surface area (Å²) >= 11 is 0. The fourth-order valence-electron chi connectivity index (χ4n) is 1.34. The molecule has 3 nitrogen and oxygen atoms in total. The minimum Gasteiger partial charge on any atom is -0.356 e. The number of guanidine groups is 1. The van der Waals surface area contributed by atoms with Crippen molar-refractivity contribution in [2.75, 3.05) is 27.2 Å². The van der Waals surface area contributed by atoms with Crippen LogP contribution in [-0.2, 0) is 0 Å². The summed E-state index contributed by atoms with van der Waals surface area (Å²) < 4.78 is 0. The molecule has 0 aromatic heterocycles. The maximum Gasteiger partial charge on any atom is 0.193 e. The number of aliphatic imine (C=N–C) groups is 1. The number of hydrogen-bond donors (Lipinski definition) is 1. The molecular formula is C12H25N3. The topological polar surface area (TPSA) is 27.6 Å². The molecule has 0 aromatic rings. The maximum absolute atomic E-state index is 4.24. The zero-order valence-electron chi connectivity index (χ0n) is 10.4. The molecule has 0 bridgehead atoms. The molecule has 15 heavy (non-hydrogen) atoms. The highest BCUT2D eigenvalue weighted by Crippen LogP contribution is 1.94. The van der Waals surface area contributed by atoms with Crippen molar-refractivity contribution in [1.29, 1.82) is 0 Å². The highest BCUT2D eigenvalue weighted by Gasteiger charge is 2.03. The van der Waals surface area contributed by atoms with Crippen LogP contribution in [0.3, 0.4) is 0 Å². The van der Waals surface area contributed by atoms with Gasteiger partial charge < -0.3 is 10.2 Å². The SMILES string of the molecule is C=CCCCN(C)C(=NC)NCCCC. The molecule has 0 aliphatic carbocycles. The quantitative estimate of drug-likeness (QED) is 0.303. The first-order valence-corrected chi connectivity index (χ1v) is 5.79. The van der Waals surface area contributed by atoms with Crippen LogP contribution in [0.25, 0.3) is 0 Å². The largest absolute Gasteiger partial charge is 0.356 e. The van der Waals surface area contributed by atoms with E-state index in [1.165, 1.54) is 12.8 Å². The van der Waals surface area contributed by atoms with Crippen LogP contribution in [0.15, 0.2) is 17.6 Å². The van der Waals surface area contributed by atoms with Crippen molar-refractivity contribution in [3.63, 3.8) is 0 Å². The molecule has 0 aromatic carbocycles. The Kier molecular flexibility index (Phi) is 8.93. The smallest absolute Gasteiger partial charge is 0.193 e. The fraction of sp³-hybridized carbons (Fsp3) is 0.750. The highest BCUT2D eigenvalue weighted by atomic mass is 15.3. The lowest BCUT2D eigenvalue weighted by molar-refractivity contribution is 0.469. The van der Waals surface area contributed by atoms with Crippen LogP contribution in [-0.4, -0.2) is 38.0 Å². The summed E-state index contributed by atoms with van der Waals surface area (Å²) in [5, 5.41) is 3.35. The predicted molar refractivity (Wildman–Crippen MR) is 68.3 cm³/mol. The molecule has 88 valence electrons. The molecule has 3 heteroatoms. The van der Waals surface area contributed by atoms with Gasteiger partial charge in [-0.1, -0.05) is 19.4 Å². The van der Waals surface area contributed by atoms with Crippen molar-refractivity contribution >= 4 is 5.96 Å². The molecule has 0 atom stereocenters. The average molecular weight is 211 g/mol. The van der Waals surface area contributed by atoms with Crippen LogP contribution in [0, 0.1) is 0 Å². The maximum atomic E-state index is 4.24. The number of unbranched alkanes of at least 4 members (excludes halogenated alkanes) is 2. The van der Waals surface area contributed by atoms with E-state index in [9.17, 15) is 0 Å². The third-order valence-electron chi connectivity index (χ3n) is 2.29. The Balaban J connectivity index is 3.78. The average Bonchev–Trinajstić information content (AvgIpc) is 2.24. The lowest BCUT2D eigenvalue weighted by atomic mass is 10.3. The number of nitrogens with zero attached hydrogens (tertiary/aromatic N) is 2. The molecule has 0 spiro atoms. The molecule has 0 amide bonds. The summed E-state index contributed by atoms with van der Waals surface area (Å²) in [7, 11) is 3.91. The second-order valence-electron chi connectivity index (χ2n) is 3.68. The zero-order valence-corrected chi connectivity index (χ0v) is 10.4. The van der Waals surface area contributed by atoms with Gasteiger partial charge in [0.25, 0.3) is 0 Å². The molecule has 0 saturated heterocycles. The summed E-state index contributed by atoms with van der Waals surface area (Å²) in [6.45, 7) is 7.95. The third kappa shape index (κ3) is 7.00. The van der Waals surface area contributed by atoms with Gasteiger partial charge in [-0.15, -0.1) is 6.58 Å². The Bertz CT molecular complexity index is 187. The normalized spacial score (nSPS) is 11.3. The first-order chi connectivity index (χ1) is 7.26. The molecule has 0 aliphatic heterocycles. The van der Waals surface area contributed by atoms with E-state index in [-0.39, 0.29) is 0 Å². The van der Waals surface area contributed by atoms with Gasteiger partial charge in [0, 0.05) is 27.2 Å². The Morgan fingerprint density at radius 3 is 2.73 bits per heavy atom. The Morgan fingerprint density at radius 2 is 2.20 bits per heavy atom. The van der Waals surface area contributed by atoms with Gasteiger partial charge in [-0.3, -0.25) is 4.99 Å². The van der Waals surface area contributed by atoms with E-state index < -0.39 is 0 Å². The van der Waals surface area contributed by atoms with E-state index in [2.05, 4.69) is 35.8 Å². The molecule has 1 N–H and O–H groups in total. The summed E-state index contributed by atoms with van der Waals surface area (Å²) in [6.07, 6.45) is 6.57. The lowest BCUT2D eigenvalue weighted by Crippen LogP contribution is -2.39. The summed E-state index contributed by atoms with van der Waals surface area (Å²) in [5.41, 5.74) is 0. The number of hydrogen-bond acceptors (Lipinski definition) is 1. The van der Waals surface area contributed by atoms with E-state index in [1.807, 2.05) is 13.1 Å². The van der Waals surface area contributed by atoms with E-state index in [4.69, 9.17) is 0 Å². The predicted octanol–water partition coefficient (Wildman–Crippen LogP) is 2.26. The Hall–Kier alpha value is -0.990. The fourth-order valence-corrected chi connectivity index (χ4v) is 1.34. The minimum atomic E-state index is 0.993. The van der Waals surface area contributed by atoms with E-state index in [0.717, 1.165) is 31.9 Å². The molecule has 0 fully saturated rings. The van der Waals surface area contributed by atoms with E-state index in [0.29, 0.717) is 0 Å². The summed E-state index contributed by atoms with van der Waals surface area (Å²) in [4.78, 5) is 6.41. The van der Waals surface area contributed by atoms with Crippen molar-refractivity contribution in [2.24, 2.45) is 4.99 Å². The molecule has 0 radical (unpaired) electrons. The Labute approximate surface area is 94.3 Å². The van der Waals surface area contributed by atoms with Crippen LogP contribution in [0.1, 0.15) is 32.6 Å². The van der Waals surface area contributed by atoms with Gasteiger partial charge in [-0.25, -0.2) is 0 Å². The number of allylic oxidation sites excluding steroid dienone is 1. The lowest BCUT2D eigenvalue weighted by Gasteiger charge is -2.21. The van der Waals surface area contributed by atoms with Crippen molar-refractivity contribution in [1.82, 2.24) is 10.2 Å². The van der Waals surface area contributed by atoms with Gasteiger partial charge >= 0.3 is 0 Å². The molecule has 0 aliphatic rings. The molecule has 0 rings (SSSR count). The van der Waals surface area contributed by atoms with E-state index >= 15 is 0 Å². The van der Waals surface area contributed by atoms with Crippen LogP contribution >= 0.6 is 0 Å². The van der Waals surface area contributed by atoms with Crippen LogP contribution in [0.5, 0.6) is 0 Å². The molecule has 0 heterocycles. The number of rotatable bonds is 7. The van der Waals surface area contributed by atoms with Gasteiger partial charge in [0.2, 0.25) is 0 Å². The third-order valence-corrected chi connectivity index (χ3v) is 2.29.